The molecule has 6 heteroatoms. The Labute approximate surface area is 57.2 Å². The van der Waals surface area contributed by atoms with E-state index in [1.807, 2.05) is 11.0 Å². The fourth-order valence-electron chi connectivity index (χ4n) is 0.582. The Morgan fingerprint density at radius 1 is 1.00 bits per heavy atom. The molecular weight excluding hydrogens is 136 g/mol. The van der Waals surface area contributed by atoms with Gasteiger partial charge in [-0.15, -0.1) is 0 Å². The third-order valence-electron chi connectivity index (χ3n) is 1.10. The number of nitrogens with one attached hydrogen (secondary N) is 2. The lowest BCUT2D eigenvalue weighted by Gasteiger charge is -2.09. The Morgan fingerprint density at radius 2 is 1.40 bits per heavy atom. The second-order valence-corrected chi connectivity index (χ2v) is 1.75. The normalized spacial score (nSPS) is 17.4. The van der Waals surface area contributed by atoms with Crippen molar-refractivity contribution in [2.24, 2.45) is 9.98 Å². The molecule has 0 saturated carbocycles. The second kappa shape index (κ2) is 3.14. The van der Waals surface area contributed by atoms with Crippen molar-refractivity contribution in [2.75, 3.05) is 13.1 Å². The predicted octanol–water partition coefficient (Wildman–Crippen LogP) is -1.25. The van der Waals surface area contributed by atoms with Crippen molar-refractivity contribution < 1.29 is 10.4 Å². The molecule has 0 saturated heterocycles. The Morgan fingerprint density at radius 3 is 1.60 bits per heavy atom. The number of nitrogens with zero attached hydrogens (tertiary/aromatic N) is 2. The molecule has 1 aliphatic heterocycles. The van der Waals surface area contributed by atoms with Gasteiger partial charge in [0.25, 0.3) is 0 Å². The highest BCUT2D eigenvalue weighted by Gasteiger charge is 2.04. The average Bonchev–Trinajstić information content (AvgIpc) is 2.05. The number of hydroxylamine groups is 2. The molecule has 1 heterocycles. The molecule has 0 aromatic heterocycles. The summed E-state index contributed by atoms with van der Waals surface area (Å²) >= 11 is 0. The Hall–Kier alpha value is -1.14. The standard InChI is InChI=1S/C4H8N4O2/c9-7-3-1-5-4(8-10)2-6-3/h9-10H,1-2H2,(H,5,8)(H,6,7). The number of aliphatic imine (C=N–C) groups is 2. The van der Waals surface area contributed by atoms with E-state index in [1.54, 1.807) is 0 Å². The summed E-state index contributed by atoms with van der Waals surface area (Å²) in [5.74, 6) is 0.804. The minimum absolute atomic E-state index is 0.263. The summed E-state index contributed by atoms with van der Waals surface area (Å²) in [5, 5.41) is 16.6. The van der Waals surface area contributed by atoms with E-state index in [0.717, 1.165) is 0 Å². The minimum atomic E-state index is 0.263. The van der Waals surface area contributed by atoms with E-state index in [9.17, 15) is 0 Å². The zero-order valence-electron chi connectivity index (χ0n) is 5.20. The van der Waals surface area contributed by atoms with E-state index in [1.165, 1.54) is 0 Å². The molecule has 0 fully saturated rings. The molecule has 6 nitrogen and oxygen atoms in total. The highest BCUT2D eigenvalue weighted by molar-refractivity contribution is 5.93. The van der Waals surface area contributed by atoms with Crippen LogP contribution in [-0.2, 0) is 0 Å². The van der Waals surface area contributed by atoms with Crippen LogP contribution >= 0.6 is 0 Å². The largest absolute Gasteiger partial charge is 0.290 e. The van der Waals surface area contributed by atoms with Crippen molar-refractivity contribution >= 4 is 11.7 Å². The molecule has 10 heavy (non-hydrogen) atoms. The molecule has 0 aromatic rings. The first kappa shape index (κ1) is 6.97. The molecule has 0 unspecified atom stereocenters. The summed E-state index contributed by atoms with van der Waals surface area (Å²) in [4.78, 5) is 7.60. The fraction of sp³-hybridized carbons (Fsp3) is 0.500. The number of hydrogen-bond donors (Lipinski definition) is 4. The van der Waals surface area contributed by atoms with E-state index >= 15 is 0 Å². The molecule has 0 amide bonds. The highest BCUT2D eigenvalue weighted by atomic mass is 16.5. The van der Waals surface area contributed by atoms with Crippen molar-refractivity contribution in [1.82, 2.24) is 11.0 Å². The third-order valence-corrected chi connectivity index (χ3v) is 1.10. The zero-order valence-corrected chi connectivity index (χ0v) is 5.20. The average molecular weight is 144 g/mol. The molecule has 4 N–H and O–H groups in total. The first-order valence-corrected chi connectivity index (χ1v) is 2.73. The van der Waals surface area contributed by atoms with Crippen LogP contribution in [0.3, 0.4) is 0 Å². The molecule has 0 aliphatic carbocycles. The Kier molecular flexibility index (Phi) is 2.19. The molecular formula is C4H8N4O2. The van der Waals surface area contributed by atoms with Gasteiger partial charge < -0.3 is 0 Å². The van der Waals surface area contributed by atoms with Gasteiger partial charge in [0.15, 0.2) is 0 Å². The highest BCUT2D eigenvalue weighted by Crippen LogP contribution is 1.87. The van der Waals surface area contributed by atoms with E-state index in [0.29, 0.717) is 11.7 Å². The van der Waals surface area contributed by atoms with Crippen LogP contribution in [-0.4, -0.2) is 35.2 Å². The van der Waals surface area contributed by atoms with Gasteiger partial charge in [0.2, 0.25) is 0 Å². The van der Waals surface area contributed by atoms with Crippen LogP contribution < -0.4 is 11.0 Å². The lowest BCUT2D eigenvalue weighted by molar-refractivity contribution is 0.227. The van der Waals surface area contributed by atoms with Crippen LogP contribution in [0.1, 0.15) is 0 Å². The third kappa shape index (κ3) is 1.42. The molecule has 0 spiro atoms. The van der Waals surface area contributed by atoms with Gasteiger partial charge in [-0.3, -0.25) is 31.4 Å². The zero-order chi connectivity index (χ0) is 7.40. The van der Waals surface area contributed by atoms with Gasteiger partial charge in [0, 0.05) is 0 Å². The lowest BCUT2D eigenvalue weighted by Crippen LogP contribution is -2.32. The van der Waals surface area contributed by atoms with Crippen LogP contribution in [0.15, 0.2) is 9.98 Å². The van der Waals surface area contributed by atoms with Crippen molar-refractivity contribution in [3.8, 4) is 0 Å². The smallest absolute Gasteiger partial charge is 0.142 e. The molecule has 56 valence electrons. The molecule has 0 bridgehead atoms. The van der Waals surface area contributed by atoms with Gasteiger partial charge in [-0.1, -0.05) is 0 Å². The number of amidine groups is 2. The first-order chi connectivity index (χ1) is 4.86. The maximum atomic E-state index is 8.32. The Bertz CT molecular complexity index is 156. The van der Waals surface area contributed by atoms with Gasteiger partial charge in [-0.2, -0.15) is 0 Å². The fourth-order valence-corrected chi connectivity index (χ4v) is 0.582. The summed E-state index contributed by atoms with van der Waals surface area (Å²) in [6.07, 6.45) is 0. The molecule has 1 aliphatic rings. The van der Waals surface area contributed by atoms with Crippen molar-refractivity contribution in [3.63, 3.8) is 0 Å². The summed E-state index contributed by atoms with van der Waals surface area (Å²) in [6.45, 7) is 0.527. The molecule has 0 radical (unpaired) electrons. The van der Waals surface area contributed by atoms with Crippen LogP contribution in [0.2, 0.25) is 0 Å². The van der Waals surface area contributed by atoms with Gasteiger partial charge in [-0.05, 0) is 0 Å². The first-order valence-electron chi connectivity index (χ1n) is 2.73. The minimum Gasteiger partial charge on any atom is -0.290 e. The van der Waals surface area contributed by atoms with Gasteiger partial charge in [-0.25, -0.2) is 0 Å². The summed E-state index contributed by atoms with van der Waals surface area (Å²) in [6, 6.07) is 0. The molecule has 0 aromatic carbocycles. The number of rotatable bonds is 0. The van der Waals surface area contributed by atoms with Crippen LogP contribution in [0.25, 0.3) is 0 Å². The number of hydrogen-bond acceptors (Lipinski definition) is 6. The summed E-state index contributed by atoms with van der Waals surface area (Å²) in [5.41, 5.74) is 3.76. The predicted molar refractivity (Wildman–Crippen MR) is 34.4 cm³/mol. The van der Waals surface area contributed by atoms with Crippen LogP contribution in [0.5, 0.6) is 0 Å². The van der Waals surface area contributed by atoms with Gasteiger partial charge >= 0.3 is 0 Å². The van der Waals surface area contributed by atoms with E-state index in [2.05, 4.69) is 9.98 Å². The summed E-state index contributed by atoms with van der Waals surface area (Å²) < 4.78 is 0. The molecule has 1 rings (SSSR count). The van der Waals surface area contributed by atoms with Gasteiger partial charge in [0.05, 0.1) is 0 Å². The monoisotopic (exact) mass is 144 g/mol. The second-order valence-electron chi connectivity index (χ2n) is 1.75. The van der Waals surface area contributed by atoms with Crippen molar-refractivity contribution in [1.29, 1.82) is 0 Å². The van der Waals surface area contributed by atoms with E-state index < -0.39 is 0 Å². The molecule has 0 atom stereocenters. The van der Waals surface area contributed by atoms with Crippen LogP contribution in [0, 0.1) is 0 Å². The maximum Gasteiger partial charge on any atom is 0.142 e. The Balaban J connectivity index is 2.45. The van der Waals surface area contributed by atoms with Crippen molar-refractivity contribution in [2.45, 2.75) is 0 Å². The van der Waals surface area contributed by atoms with Gasteiger partial charge in [0.1, 0.15) is 24.8 Å². The van der Waals surface area contributed by atoms with E-state index in [-0.39, 0.29) is 13.1 Å². The quantitative estimate of drug-likeness (QED) is 0.320. The van der Waals surface area contributed by atoms with Crippen molar-refractivity contribution in [3.05, 3.63) is 0 Å². The van der Waals surface area contributed by atoms with E-state index in [4.69, 9.17) is 10.4 Å². The topological polar surface area (TPSA) is 89.2 Å². The SMILES string of the molecule is ONC1=NCC(NO)=NC1. The summed E-state index contributed by atoms with van der Waals surface area (Å²) in [7, 11) is 0. The van der Waals surface area contributed by atoms with Crippen LogP contribution in [0.4, 0.5) is 0 Å². The lowest BCUT2D eigenvalue weighted by atomic mass is 10.5. The maximum absolute atomic E-state index is 8.32.